The van der Waals surface area contributed by atoms with Crippen molar-refractivity contribution >= 4 is 73.0 Å². The zero-order chi connectivity index (χ0) is 23.4. The van der Waals surface area contributed by atoms with Gasteiger partial charge in [0.05, 0.1) is 0 Å². The average molecular weight is 587 g/mol. The van der Waals surface area contributed by atoms with Crippen molar-refractivity contribution in [3.63, 3.8) is 0 Å². The number of carbonyl (C=O) groups is 1. The van der Waals surface area contributed by atoms with Crippen molar-refractivity contribution in [2.24, 2.45) is 5.92 Å². The second-order valence-electron chi connectivity index (χ2n) is 11.2. The standard InChI is InChI=1S/C27H19OS2.3CH3.Sn/c1-14-8-11-21(30-14)25-26-22-18(10-9-15-13-19(15)22)16-5-2-3-6-17(16)23(26)24(27(25)28)20-7-4-12-29-20;;;;/h2,4-5,7-11,15,19H,3,6,13H2,1H3;3*1H3;. The van der Waals surface area contributed by atoms with Crippen LogP contribution in [0.4, 0.5) is 0 Å². The van der Waals surface area contributed by atoms with Crippen molar-refractivity contribution in [3.8, 4) is 0 Å². The number of hydrogen-bond acceptors (Lipinski definition) is 3. The normalized spacial score (nSPS) is 22.1. The van der Waals surface area contributed by atoms with E-state index in [1.807, 2.05) is 11.3 Å². The topological polar surface area (TPSA) is 17.1 Å². The summed E-state index contributed by atoms with van der Waals surface area (Å²) in [6.45, 7) is 2.15. The average Bonchev–Trinajstić information content (AvgIpc) is 3.09. The van der Waals surface area contributed by atoms with Crippen molar-refractivity contribution in [1.82, 2.24) is 0 Å². The van der Waals surface area contributed by atoms with Crippen LogP contribution in [0.1, 0.15) is 55.6 Å². The van der Waals surface area contributed by atoms with E-state index in [9.17, 15) is 4.79 Å². The van der Waals surface area contributed by atoms with E-state index < -0.39 is 18.4 Å². The van der Waals surface area contributed by atoms with E-state index in [-0.39, 0.29) is 5.78 Å². The summed E-state index contributed by atoms with van der Waals surface area (Å²) in [5.74, 6) is 1.48. The number of ketones is 1. The zero-order valence-corrected chi connectivity index (χ0v) is 24.6. The van der Waals surface area contributed by atoms with Crippen molar-refractivity contribution in [2.75, 3.05) is 0 Å². The summed E-state index contributed by atoms with van der Waals surface area (Å²) < 4.78 is 1.54. The van der Waals surface area contributed by atoms with Crippen molar-refractivity contribution in [1.29, 1.82) is 0 Å². The summed E-state index contributed by atoms with van der Waals surface area (Å²) in [6.07, 6.45) is 12.7. The summed E-state index contributed by atoms with van der Waals surface area (Å²) in [7, 11) is 0. The number of aryl methyl sites for hydroxylation is 1. The molecule has 2 unspecified atom stereocenters. The van der Waals surface area contributed by atoms with Gasteiger partial charge in [-0.25, -0.2) is 0 Å². The van der Waals surface area contributed by atoms with Crippen LogP contribution in [0.3, 0.4) is 0 Å². The summed E-state index contributed by atoms with van der Waals surface area (Å²) >= 11 is 1.45. The van der Waals surface area contributed by atoms with Crippen LogP contribution in [0.15, 0.2) is 36.4 Å². The molecule has 4 aliphatic carbocycles. The Morgan fingerprint density at radius 1 is 0.912 bits per heavy atom. The van der Waals surface area contributed by atoms with E-state index in [4.69, 9.17) is 0 Å². The summed E-state index contributed by atoms with van der Waals surface area (Å²) in [5, 5.41) is 2.57. The Hall–Kier alpha value is -1.69. The van der Waals surface area contributed by atoms with Crippen LogP contribution in [0.25, 0.3) is 23.3 Å². The van der Waals surface area contributed by atoms with Crippen LogP contribution >= 0.6 is 22.7 Å². The van der Waals surface area contributed by atoms with Gasteiger partial charge < -0.3 is 0 Å². The number of benzene rings is 1. The summed E-state index contributed by atoms with van der Waals surface area (Å²) in [5.41, 5.74) is 7.60. The molecule has 1 fully saturated rings. The molecule has 0 spiro atoms. The van der Waals surface area contributed by atoms with Gasteiger partial charge in [0.15, 0.2) is 0 Å². The van der Waals surface area contributed by atoms with Gasteiger partial charge in [-0.05, 0) is 0 Å². The molecule has 1 aromatic carbocycles. The molecule has 2 heterocycles. The number of hydrogen-bond donors (Lipinski definition) is 0. The minimum absolute atomic E-state index is 0.256. The number of thiophene rings is 2. The molecule has 1 nitrogen and oxygen atoms in total. The molecule has 2 aromatic heterocycles. The Morgan fingerprint density at radius 3 is 2.41 bits per heavy atom. The van der Waals surface area contributed by atoms with Gasteiger partial charge in [-0.2, -0.15) is 0 Å². The van der Waals surface area contributed by atoms with E-state index in [1.165, 1.54) is 48.9 Å². The summed E-state index contributed by atoms with van der Waals surface area (Å²) in [6, 6.07) is 8.93. The molecule has 0 aliphatic heterocycles. The predicted molar refractivity (Wildman–Crippen MR) is 149 cm³/mol. The Balaban J connectivity index is 1.67. The van der Waals surface area contributed by atoms with E-state index >= 15 is 0 Å². The molecule has 0 radical (unpaired) electrons. The first kappa shape index (κ1) is 21.6. The SMILES string of the molecule is Cc1ccc(C2=c3c4c(c5c(c3=C(c3cc[c]([Sn]([CH3])([CH3])[CH3])s3)C2=O)CCC=C5)C=CC2CC42)s1. The molecule has 34 heavy (non-hydrogen) atoms. The first-order chi connectivity index (χ1) is 16.3. The molecule has 2 atom stereocenters. The predicted octanol–water partition coefficient (Wildman–Crippen LogP) is 5.73. The first-order valence-electron chi connectivity index (χ1n) is 12.4. The van der Waals surface area contributed by atoms with Crippen LogP contribution < -0.4 is 13.3 Å². The number of fused-ring (bicyclic) bond motifs is 8. The molecular formula is C30H28OS2Sn. The van der Waals surface area contributed by atoms with E-state index in [1.54, 1.807) is 14.2 Å². The molecule has 7 rings (SSSR count). The quantitative estimate of drug-likeness (QED) is 0.358. The second-order valence-corrected chi connectivity index (χ2v) is 29.0. The third-order valence-corrected chi connectivity index (χ3v) is 19.4. The summed E-state index contributed by atoms with van der Waals surface area (Å²) in [4.78, 5) is 25.4. The molecule has 3 aromatic rings. The van der Waals surface area contributed by atoms with Gasteiger partial charge in [-0.15, -0.1) is 0 Å². The fourth-order valence-electron chi connectivity index (χ4n) is 6.09. The molecule has 1 saturated carbocycles. The fraction of sp³-hybridized carbons (Fsp3) is 0.300. The molecule has 4 heteroatoms. The van der Waals surface area contributed by atoms with Gasteiger partial charge in [0.25, 0.3) is 0 Å². The first-order valence-corrected chi connectivity index (χ1v) is 24.0. The van der Waals surface area contributed by atoms with Crippen LogP contribution in [-0.4, -0.2) is 24.2 Å². The maximum absolute atomic E-state index is 14.4. The molecular weight excluding hydrogens is 559 g/mol. The Labute approximate surface area is 213 Å². The van der Waals surface area contributed by atoms with Crippen LogP contribution in [0, 0.1) is 12.8 Å². The molecule has 0 N–H and O–H groups in total. The van der Waals surface area contributed by atoms with Gasteiger partial charge in [0.1, 0.15) is 0 Å². The number of carbonyl (C=O) groups excluding carboxylic acids is 1. The van der Waals surface area contributed by atoms with Gasteiger partial charge in [-0.1, -0.05) is 0 Å². The monoisotopic (exact) mass is 588 g/mol. The maximum atomic E-state index is 14.4. The molecule has 0 saturated heterocycles. The van der Waals surface area contributed by atoms with E-state index in [0.29, 0.717) is 11.8 Å². The number of Topliss-reactive ketones (excluding diaryl/α,β-unsaturated/α-hetero) is 1. The fourth-order valence-corrected chi connectivity index (χ4v) is 13.3. The van der Waals surface area contributed by atoms with E-state index in [0.717, 1.165) is 28.9 Å². The Morgan fingerprint density at radius 2 is 1.68 bits per heavy atom. The van der Waals surface area contributed by atoms with Crippen LogP contribution in [0.2, 0.25) is 14.8 Å². The molecule has 0 bridgehead atoms. The van der Waals surface area contributed by atoms with Crippen LogP contribution in [-0.2, 0) is 11.2 Å². The van der Waals surface area contributed by atoms with Gasteiger partial charge >= 0.3 is 214 Å². The third kappa shape index (κ3) is 3.06. The number of rotatable bonds is 3. The number of allylic oxidation sites excluding steroid dienone is 2. The molecule has 0 amide bonds. The third-order valence-electron chi connectivity index (χ3n) is 7.83. The van der Waals surface area contributed by atoms with Crippen LogP contribution in [0.5, 0.6) is 0 Å². The van der Waals surface area contributed by atoms with Crippen molar-refractivity contribution < 1.29 is 4.79 Å². The van der Waals surface area contributed by atoms with Gasteiger partial charge in [0.2, 0.25) is 0 Å². The second kappa shape index (κ2) is 7.41. The Bertz CT molecular complexity index is 1600. The van der Waals surface area contributed by atoms with E-state index in [2.05, 4.69) is 70.3 Å². The van der Waals surface area contributed by atoms with Gasteiger partial charge in [-0.3, -0.25) is 0 Å². The van der Waals surface area contributed by atoms with Crippen molar-refractivity contribution in [3.05, 3.63) is 83.7 Å². The minimum atomic E-state index is -2.22. The van der Waals surface area contributed by atoms with Crippen molar-refractivity contribution in [2.45, 2.75) is 46.9 Å². The van der Waals surface area contributed by atoms with Gasteiger partial charge in [0, 0.05) is 0 Å². The molecule has 170 valence electrons. The Kier molecular flexibility index (Phi) is 4.70. The molecule has 4 aliphatic rings. The zero-order valence-electron chi connectivity index (χ0n) is 20.1.